The number of benzene rings is 2. The Labute approximate surface area is 141 Å². The summed E-state index contributed by atoms with van der Waals surface area (Å²) < 4.78 is 13.9. The zero-order valence-electron chi connectivity index (χ0n) is 13.8. The number of rotatable bonds is 6. The minimum atomic E-state index is -0.704. The van der Waals surface area contributed by atoms with E-state index in [1.807, 2.05) is 18.2 Å². The first-order valence-electron chi connectivity index (χ1n) is 7.89. The topological polar surface area (TPSA) is 56.1 Å². The van der Waals surface area contributed by atoms with Gasteiger partial charge in [0.15, 0.2) is 0 Å². The number of hydrogen-bond acceptors (Lipinski definition) is 3. The lowest BCUT2D eigenvalue weighted by Crippen LogP contribution is -2.22. The van der Waals surface area contributed by atoms with Gasteiger partial charge in [-0.2, -0.15) is 5.26 Å². The van der Waals surface area contributed by atoms with E-state index in [0.29, 0.717) is 5.69 Å². The van der Waals surface area contributed by atoms with Crippen LogP contribution in [0.4, 0.5) is 10.1 Å². The van der Waals surface area contributed by atoms with Gasteiger partial charge in [-0.3, -0.25) is 9.69 Å². The highest BCUT2D eigenvalue weighted by Crippen LogP contribution is 2.15. The monoisotopic (exact) mass is 325 g/mol. The van der Waals surface area contributed by atoms with E-state index in [2.05, 4.69) is 24.1 Å². The number of nitrogens with one attached hydrogen (secondary N) is 1. The molecule has 1 N–H and O–H groups in total. The van der Waals surface area contributed by atoms with Gasteiger partial charge in [-0.1, -0.05) is 26.0 Å². The maximum absolute atomic E-state index is 13.9. The molecule has 1 amide bonds. The maximum atomic E-state index is 13.9. The van der Waals surface area contributed by atoms with E-state index in [1.54, 1.807) is 12.1 Å². The van der Waals surface area contributed by atoms with Crippen molar-refractivity contribution in [3.63, 3.8) is 0 Å². The Morgan fingerprint density at radius 2 is 1.83 bits per heavy atom. The molecule has 24 heavy (non-hydrogen) atoms. The van der Waals surface area contributed by atoms with E-state index in [4.69, 9.17) is 5.26 Å². The Hall–Kier alpha value is -2.71. The van der Waals surface area contributed by atoms with Crippen LogP contribution in [0.3, 0.4) is 0 Å². The number of anilines is 1. The van der Waals surface area contributed by atoms with Crippen LogP contribution in [-0.2, 0) is 6.54 Å². The molecule has 0 heterocycles. The summed E-state index contributed by atoms with van der Waals surface area (Å²) in [5.74, 6) is -1.24. The van der Waals surface area contributed by atoms with E-state index in [9.17, 15) is 9.18 Å². The minimum Gasteiger partial charge on any atom is -0.322 e. The van der Waals surface area contributed by atoms with Crippen LogP contribution in [-0.4, -0.2) is 23.9 Å². The molecule has 0 aliphatic carbocycles. The molecule has 5 heteroatoms. The van der Waals surface area contributed by atoms with Gasteiger partial charge in [0.2, 0.25) is 0 Å². The highest BCUT2D eigenvalue weighted by molar-refractivity contribution is 6.04. The fraction of sp³-hybridized carbons (Fsp3) is 0.263. The molecular weight excluding hydrogens is 305 g/mol. The molecule has 0 radical (unpaired) electrons. The van der Waals surface area contributed by atoms with Crippen molar-refractivity contribution < 1.29 is 9.18 Å². The lowest BCUT2D eigenvalue weighted by Gasteiger charge is -2.18. The van der Waals surface area contributed by atoms with Crippen LogP contribution in [0.15, 0.2) is 42.5 Å². The minimum absolute atomic E-state index is 0.0822. The zero-order chi connectivity index (χ0) is 17.5. The first kappa shape index (κ1) is 17.6. The number of halogens is 1. The summed E-state index contributed by atoms with van der Waals surface area (Å²) in [5, 5.41) is 11.4. The predicted octanol–water partition coefficient (Wildman–Crippen LogP) is 3.79. The molecule has 0 saturated carbocycles. The number of nitrogens with zero attached hydrogens (tertiary/aromatic N) is 2. The third-order valence-corrected chi connectivity index (χ3v) is 3.86. The molecule has 2 aromatic carbocycles. The molecule has 0 aromatic heterocycles. The maximum Gasteiger partial charge on any atom is 0.258 e. The van der Waals surface area contributed by atoms with Crippen molar-refractivity contribution in [1.29, 1.82) is 5.26 Å². The molecule has 0 aliphatic heterocycles. The molecular formula is C19H20FN3O. The molecule has 4 nitrogen and oxygen atoms in total. The first-order chi connectivity index (χ1) is 11.6. The van der Waals surface area contributed by atoms with Crippen molar-refractivity contribution >= 4 is 11.6 Å². The zero-order valence-corrected chi connectivity index (χ0v) is 13.8. The summed E-state index contributed by atoms with van der Waals surface area (Å²) in [6, 6.07) is 13.1. The highest BCUT2D eigenvalue weighted by atomic mass is 19.1. The van der Waals surface area contributed by atoms with Crippen LogP contribution in [0.1, 0.15) is 35.3 Å². The average molecular weight is 325 g/mol. The van der Waals surface area contributed by atoms with Crippen LogP contribution in [0.5, 0.6) is 0 Å². The van der Waals surface area contributed by atoms with Crippen molar-refractivity contribution in [2.24, 2.45) is 0 Å². The summed E-state index contributed by atoms with van der Waals surface area (Å²) in [6.45, 7) is 7.04. The summed E-state index contributed by atoms with van der Waals surface area (Å²) in [5.41, 5.74) is 1.86. The van der Waals surface area contributed by atoms with Crippen LogP contribution < -0.4 is 5.32 Å². The largest absolute Gasteiger partial charge is 0.322 e. The molecule has 124 valence electrons. The predicted molar refractivity (Wildman–Crippen MR) is 92.1 cm³/mol. The van der Waals surface area contributed by atoms with Crippen LogP contribution in [0.25, 0.3) is 0 Å². The highest BCUT2D eigenvalue weighted by Gasteiger charge is 2.12. The number of carbonyl (C=O) groups is 1. The quantitative estimate of drug-likeness (QED) is 0.879. The molecule has 0 saturated heterocycles. The van der Waals surface area contributed by atoms with Gasteiger partial charge in [0.25, 0.3) is 5.91 Å². The lowest BCUT2D eigenvalue weighted by atomic mass is 10.1. The van der Waals surface area contributed by atoms with Crippen molar-refractivity contribution in [3.8, 4) is 6.07 Å². The fourth-order valence-electron chi connectivity index (χ4n) is 2.37. The van der Waals surface area contributed by atoms with E-state index in [0.717, 1.165) is 31.3 Å². The second-order valence-electron chi connectivity index (χ2n) is 5.42. The second-order valence-corrected chi connectivity index (χ2v) is 5.42. The van der Waals surface area contributed by atoms with Crippen molar-refractivity contribution in [2.75, 3.05) is 18.4 Å². The lowest BCUT2D eigenvalue weighted by molar-refractivity contribution is 0.102. The van der Waals surface area contributed by atoms with Crippen molar-refractivity contribution in [2.45, 2.75) is 20.4 Å². The Bertz CT molecular complexity index is 746. The summed E-state index contributed by atoms with van der Waals surface area (Å²) in [6.07, 6.45) is 0. The molecule has 0 fully saturated rings. The van der Waals surface area contributed by atoms with Gasteiger partial charge >= 0.3 is 0 Å². The van der Waals surface area contributed by atoms with E-state index >= 15 is 0 Å². The van der Waals surface area contributed by atoms with Gasteiger partial charge in [0, 0.05) is 12.2 Å². The van der Waals surface area contributed by atoms with Crippen LogP contribution in [0.2, 0.25) is 0 Å². The fourth-order valence-corrected chi connectivity index (χ4v) is 2.37. The smallest absolute Gasteiger partial charge is 0.258 e. The van der Waals surface area contributed by atoms with Gasteiger partial charge in [0.05, 0.1) is 17.2 Å². The normalized spacial score (nSPS) is 10.5. The Morgan fingerprint density at radius 1 is 1.17 bits per heavy atom. The molecule has 0 spiro atoms. The van der Waals surface area contributed by atoms with Gasteiger partial charge in [-0.05, 0) is 49.0 Å². The van der Waals surface area contributed by atoms with Gasteiger partial charge in [-0.25, -0.2) is 4.39 Å². The van der Waals surface area contributed by atoms with Crippen molar-refractivity contribution in [1.82, 2.24) is 4.90 Å². The SMILES string of the molecule is CCN(CC)Cc1ccc(NC(=O)c2ccc(C#N)cc2F)cc1. The average Bonchev–Trinajstić information content (AvgIpc) is 2.60. The van der Waals surface area contributed by atoms with E-state index in [-0.39, 0.29) is 11.1 Å². The van der Waals surface area contributed by atoms with Crippen LogP contribution >= 0.6 is 0 Å². The first-order valence-corrected chi connectivity index (χ1v) is 7.89. The Balaban J connectivity index is 2.06. The number of hydrogen-bond donors (Lipinski definition) is 1. The number of carbonyl (C=O) groups excluding carboxylic acids is 1. The number of amides is 1. The molecule has 2 aromatic rings. The summed E-state index contributed by atoms with van der Waals surface area (Å²) in [7, 11) is 0. The van der Waals surface area contributed by atoms with Gasteiger partial charge in [0.1, 0.15) is 5.82 Å². The Morgan fingerprint density at radius 3 is 2.38 bits per heavy atom. The molecule has 0 aliphatic rings. The van der Waals surface area contributed by atoms with Crippen molar-refractivity contribution in [3.05, 3.63) is 65.0 Å². The van der Waals surface area contributed by atoms with Crippen LogP contribution in [0, 0.1) is 17.1 Å². The standard InChI is InChI=1S/C19H20FN3O/c1-3-23(4-2)13-14-5-8-16(9-6-14)22-19(24)17-10-7-15(12-21)11-18(17)20/h5-11H,3-4,13H2,1-2H3,(H,22,24). The number of nitriles is 1. The van der Waals surface area contributed by atoms with E-state index < -0.39 is 11.7 Å². The second kappa shape index (κ2) is 8.23. The summed E-state index contributed by atoms with van der Waals surface area (Å²) in [4.78, 5) is 14.4. The third-order valence-electron chi connectivity index (χ3n) is 3.86. The van der Waals surface area contributed by atoms with Gasteiger partial charge < -0.3 is 5.32 Å². The molecule has 0 atom stereocenters. The van der Waals surface area contributed by atoms with Gasteiger partial charge in [-0.15, -0.1) is 0 Å². The third kappa shape index (κ3) is 4.40. The Kier molecular flexibility index (Phi) is 6.05. The van der Waals surface area contributed by atoms with E-state index in [1.165, 1.54) is 12.1 Å². The molecule has 0 unspecified atom stereocenters. The molecule has 0 bridgehead atoms. The molecule has 2 rings (SSSR count). The summed E-state index contributed by atoms with van der Waals surface area (Å²) >= 11 is 0.